The fraction of sp³-hybridized carbons (Fsp3) is 0.429. The molecule has 0 saturated heterocycles. The Bertz CT molecular complexity index is 1230. The van der Waals surface area contributed by atoms with E-state index in [1.54, 1.807) is 0 Å². The van der Waals surface area contributed by atoms with Crippen LogP contribution in [0.3, 0.4) is 0 Å². The summed E-state index contributed by atoms with van der Waals surface area (Å²) in [5.74, 6) is 0.709. The van der Waals surface area contributed by atoms with E-state index in [4.69, 9.17) is 9.32 Å². The molecule has 4 N–H and O–H groups in total. The number of nitrogens with two attached hydrogens (primary N) is 1. The number of rotatable bonds is 6. The number of benzene rings is 1. The van der Waals surface area contributed by atoms with Crippen LogP contribution >= 0.6 is 0 Å². The third-order valence-corrected chi connectivity index (χ3v) is 7.03. The van der Waals surface area contributed by atoms with Crippen molar-refractivity contribution in [1.82, 2.24) is 14.5 Å². The Kier molecular flexibility index (Phi) is 4.97. The molecule has 3 atom stereocenters. The van der Waals surface area contributed by atoms with Crippen LogP contribution in [0, 0.1) is 0 Å². The van der Waals surface area contributed by atoms with E-state index in [-0.39, 0.29) is 12.6 Å². The van der Waals surface area contributed by atoms with Crippen LogP contribution in [-0.2, 0) is 26.4 Å². The molecule has 3 aromatic rings. The van der Waals surface area contributed by atoms with Gasteiger partial charge in [0.25, 0.3) is 0 Å². The fourth-order valence-corrected chi connectivity index (χ4v) is 5.41. The second-order valence-electron chi connectivity index (χ2n) is 8.35. The molecule has 2 heterocycles. The molecule has 2 aliphatic carbocycles. The molecule has 1 fully saturated rings. The third kappa shape index (κ3) is 3.59. The van der Waals surface area contributed by atoms with E-state index in [0.29, 0.717) is 24.3 Å². The first-order chi connectivity index (χ1) is 14.9. The number of aliphatic hydroxyl groups is 1. The number of anilines is 1. The maximum atomic E-state index is 11.4. The van der Waals surface area contributed by atoms with Crippen molar-refractivity contribution in [3.05, 3.63) is 54.0 Å². The number of nitrogens with zero attached hydrogens (tertiary/aromatic N) is 3. The van der Waals surface area contributed by atoms with Gasteiger partial charge in [0.2, 0.25) is 0 Å². The molecule has 2 unspecified atom stereocenters. The fourth-order valence-electron chi connectivity index (χ4n) is 5.04. The van der Waals surface area contributed by atoms with Gasteiger partial charge in [0, 0.05) is 6.20 Å². The van der Waals surface area contributed by atoms with E-state index < -0.39 is 21.9 Å². The molecule has 1 aromatic carbocycles. The van der Waals surface area contributed by atoms with Crippen LogP contribution in [0.4, 0.5) is 5.82 Å². The third-order valence-electron chi connectivity index (χ3n) is 6.59. The van der Waals surface area contributed by atoms with Crippen LogP contribution in [0.25, 0.3) is 11.0 Å². The monoisotopic (exact) mass is 443 g/mol. The van der Waals surface area contributed by atoms with Crippen molar-refractivity contribution in [3.8, 4) is 0 Å². The normalized spacial score (nSPS) is 25.7. The van der Waals surface area contributed by atoms with Crippen molar-refractivity contribution in [1.29, 1.82) is 0 Å². The van der Waals surface area contributed by atoms with Gasteiger partial charge in [-0.1, -0.05) is 24.3 Å². The number of nitrogens with one attached hydrogen (secondary N) is 1. The smallest absolute Gasteiger partial charge is 0.333 e. The summed E-state index contributed by atoms with van der Waals surface area (Å²) in [7, 11) is -4.14. The summed E-state index contributed by atoms with van der Waals surface area (Å²) in [6, 6.07) is 10.4. The molecule has 0 radical (unpaired) electrons. The second-order valence-corrected chi connectivity index (χ2v) is 9.57. The highest BCUT2D eigenvalue weighted by molar-refractivity contribution is 7.84. The van der Waals surface area contributed by atoms with Gasteiger partial charge in [0.15, 0.2) is 0 Å². The first-order valence-electron chi connectivity index (χ1n) is 10.4. The summed E-state index contributed by atoms with van der Waals surface area (Å²) in [6.07, 6.45) is 6.35. The van der Waals surface area contributed by atoms with Crippen molar-refractivity contribution in [2.45, 2.75) is 49.8 Å². The molecule has 0 bridgehead atoms. The van der Waals surface area contributed by atoms with E-state index in [1.807, 2.05) is 22.9 Å². The predicted molar refractivity (Wildman–Crippen MR) is 116 cm³/mol. The first-order valence-corrected chi connectivity index (χ1v) is 11.9. The largest absolute Gasteiger partial charge is 0.391 e. The number of hydrogen-bond acceptors (Lipinski definition) is 7. The zero-order valence-corrected chi connectivity index (χ0v) is 17.8. The molecule has 9 nitrogen and oxygen atoms in total. The van der Waals surface area contributed by atoms with Gasteiger partial charge in [-0.15, -0.1) is 0 Å². The molecule has 10 heteroatoms. The highest BCUT2D eigenvalue weighted by Crippen LogP contribution is 2.41. The van der Waals surface area contributed by atoms with Crippen molar-refractivity contribution < 1.29 is 17.7 Å². The molecule has 1 saturated carbocycles. The summed E-state index contributed by atoms with van der Waals surface area (Å²) in [4.78, 5) is 8.92. The van der Waals surface area contributed by atoms with Gasteiger partial charge in [-0.2, -0.15) is 8.42 Å². The Morgan fingerprint density at radius 3 is 2.87 bits per heavy atom. The van der Waals surface area contributed by atoms with Gasteiger partial charge in [0.05, 0.1) is 29.7 Å². The lowest BCUT2D eigenvalue weighted by Gasteiger charge is -2.34. The quantitative estimate of drug-likeness (QED) is 0.531. The van der Waals surface area contributed by atoms with E-state index in [1.165, 1.54) is 17.5 Å². The number of hydrogen-bond donors (Lipinski definition) is 3. The maximum absolute atomic E-state index is 11.4. The number of fused-ring (bicyclic) bond motifs is 2. The molecule has 2 aromatic heterocycles. The van der Waals surface area contributed by atoms with Crippen molar-refractivity contribution >= 4 is 27.2 Å². The molecule has 5 rings (SSSR count). The van der Waals surface area contributed by atoms with Crippen LogP contribution in [0.2, 0.25) is 0 Å². The number of aryl methyl sites for hydroxylation is 1. The lowest BCUT2D eigenvalue weighted by molar-refractivity contribution is 0.0281. The lowest BCUT2D eigenvalue weighted by Crippen LogP contribution is -2.46. The van der Waals surface area contributed by atoms with Gasteiger partial charge in [-0.05, 0) is 49.3 Å². The molecule has 0 spiro atoms. The molecule has 0 aliphatic heterocycles. The zero-order chi connectivity index (χ0) is 21.6. The van der Waals surface area contributed by atoms with E-state index in [9.17, 15) is 13.5 Å². The van der Waals surface area contributed by atoms with Gasteiger partial charge >= 0.3 is 10.3 Å². The summed E-state index contributed by atoms with van der Waals surface area (Å²) in [5, 5.41) is 20.2. The SMILES string of the molecule is NS(=O)(=O)OCC1(n2ccc3c(N[C@H]4CCc5ccccc54)ncnc32)CCCC1O. The van der Waals surface area contributed by atoms with Crippen LogP contribution in [0.15, 0.2) is 42.9 Å². The molecular weight excluding hydrogens is 418 g/mol. The van der Waals surface area contributed by atoms with Crippen molar-refractivity contribution in [2.24, 2.45) is 5.14 Å². The summed E-state index contributed by atoms with van der Waals surface area (Å²) >= 11 is 0. The van der Waals surface area contributed by atoms with Gasteiger partial charge in [-0.25, -0.2) is 15.1 Å². The summed E-state index contributed by atoms with van der Waals surface area (Å²) < 4.78 is 29.7. The maximum Gasteiger partial charge on any atom is 0.333 e. The summed E-state index contributed by atoms with van der Waals surface area (Å²) in [5.41, 5.74) is 2.27. The lowest BCUT2D eigenvalue weighted by atomic mass is 9.96. The topological polar surface area (TPSA) is 132 Å². The van der Waals surface area contributed by atoms with Gasteiger partial charge in [-0.3, -0.25) is 4.18 Å². The number of aliphatic hydroxyl groups excluding tert-OH is 1. The van der Waals surface area contributed by atoms with E-state index >= 15 is 0 Å². The highest BCUT2D eigenvalue weighted by Gasteiger charge is 2.46. The molecule has 2 aliphatic rings. The highest BCUT2D eigenvalue weighted by atomic mass is 32.2. The molecular formula is C21H25N5O4S. The van der Waals surface area contributed by atoms with Crippen LogP contribution in [-0.4, -0.2) is 40.8 Å². The molecule has 31 heavy (non-hydrogen) atoms. The first kappa shape index (κ1) is 20.4. The van der Waals surface area contributed by atoms with E-state index in [2.05, 4.69) is 33.5 Å². The van der Waals surface area contributed by atoms with Gasteiger partial charge < -0.3 is 15.0 Å². The minimum absolute atomic E-state index is 0.161. The Morgan fingerprint density at radius 2 is 2.10 bits per heavy atom. The van der Waals surface area contributed by atoms with Crippen molar-refractivity contribution in [2.75, 3.05) is 11.9 Å². The van der Waals surface area contributed by atoms with Crippen LogP contribution < -0.4 is 10.5 Å². The Morgan fingerprint density at radius 1 is 1.26 bits per heavy atom. The van der Waals surface area contributed by atoms with E-state index in [0.717, 1.165) is 24.6 Å². The minimum atomic E-state index is -4.14. The average Bonchev–Trinajstić information content (AvgIpc) is 3.44. The number of aromatic nitrogens is 3. The molecule has 0 amide bonds. The van der Waals surface area contributed by atoms with Crippen molar-refractivity contribution in [3.63, 3.8) is 0 Å². The van der Waals surface area contributed by atoms with Crippen LogP contribution in [0.5, 0.6) is 0 Å². The second kappa shape index (κ2) is 7.56. The zero-order valence-electron chi connectivity index (χ0n) is 16.9. The average molecular weight is 444 g/mol. The Labute approximate surface area is 180 Å². The van der Waals surface area contributed by atoms with Crippen LogP contribution in [0.1, 0.15) is 42.9 Å². The Balaban J connectivity index is 1.52. The van der Waals surface area contributed by atoms with Gasteiger partial charge in [0.1, 0.15) is 17.8 Å². The molecule has 164 valence electrons. The minimum Gasteiger partial charge on any atom is -0.391 e. The Hall–Kier alpha value is -2.53. The standard InChI is InChI=1S/C21H25N5O4S/c22-31(28,29)30-12-21(10-3-6-18(21)27)26-11-9-16-19(23-13-24-20(16)26)25-17-8-7-14-4-1-2-5-15(14)17/h1-2,4-5,9,11,13,17-18,27H,3,6-8,10,12H2,(H2,22,28,29)(H,23,24,25)/t17-,18?,21?/m0/s1. The predicted octanol–water partition coefficient (Wildman–Crippen LogP) is 1.99. The summed E-state index contributed by atoms with van der Waals surface area (Å²) in [6.45, 7) is -0.250.